The lowest BCUT2D eigenvalue weighted by molar-refractivity contribution is -0.125. The number of hydrogen-bond acceptors (Lipinski definition) is 7. The van der Waals surface area contributed by atoms with Crippen LogP contribution in [0.1, 0.15) is 114 Å². The van der Waals surface area contributed by atoms with E-state index >= 15 is 0 Å². The molecule has 1 aromatic heterocycles. The number of anilines is 1. The van der Waals surface area contributed by atoms with Crippen molar-refractivity contribution in [2.45, 2.75) is 113 Å². The number of rotatable bonds is 24. The molecule has 2 amide bonds. The van der Waals surface area contributed by atoms with Crippen LogP contribution >= 0.6 is 11.8 Å². The Morgan fingerprint density at radius 3 is 1.78 bits per heavy atom. The van der Waals surface area contributed by atoms with Crippen LogP contribution in [-0.4, -0.2) is 49.1 Å². The molecule has 1 heterocycles. The van der Waals surface area contributed by atoms with Crippen molar-refractivity contribution < 1.29 is 14.4 Å². The first-order valence-corrected chi connectivity index (χ1v) is 19.1. The van der Waals surface area contributed by atoms with Crippen molar-refractivity contribution in [3.63, 3.8) is 0 Å². The van der Waals surface area contributed by atoms with Gasteiger partial charge in [-0.2, -0.15) is 4.68 Å². The molecule has 0 spiro atoms. The monoisotopic (exact) mass is 696 g/mol. The van der Waals surface area contributed by atoms with E-state index in [9.17, 15) is 14.4 Å². The van der Waals surface area contributed by atoms with E-state index in [0.717, 1.165) is 31.0 Å². The molecule has 0 aliphatic heterocycles. The Balaban J connectivity index is 1.45. The highest BCUT2D eigenvalue weighted by Crippen LogP contribution is 2.40. The largest absolute Gasteiger partial charge is 0.345 e. The highest BCUT2D eigenvalue weighted by atomic mass is 32.2. The minimum Gasteiger partial charge on any atom is -0.345 e. The summed E-state index contributed by atoms with van der Waals surface area (Å²) in [7, 11) is 0. The minimum absolute atomic E-state index is 0.261. The summed E-state index contributed by atoms with van der Waals surface area (Å²) in [4.78, 5) is 41.8. The number of para-hydroxylation sites is 2. The van der Waals surface area contributed by atoms with Crippen LogP contribution < -0.4 is 10.6 Å². The highest BCUT2D eigenvalue weighted by Gasteiger charge is 2.48. The minimum atomic E-state index is -1.62. The number of tetrazole rings is 1. The summed E-state index contributed by atoms with van der Waals surface area (Å²) in [6, 6.07) is 27.3. The Labute approximate surface area is 301 Å². The fraction of sp³-hybridized carbons (Fsp3) is 0.450. The van der Waals surface area contributed by atoms with Crippen molar-refractivity contribution in [3.8, 4) is 5.69 Å². The predicted octanol–water partition coefficient (Wildman–Crippen LogP) is 9.00. The molecule has 1 atom stereocenters. The van der Waals surface area contributed by atoms with E-state index in [1.807, 2.05) is 54.6 Å². The number of ketones is 1. The van der Waals surface area contributed by atoms with Crippen molar-refractivity contribution in [2.24, 2.45) is 0 Å². The van der Waals surface area contributed by atoms with E-state index in [0.29, 0.717) is 28.5 Å². The molecule has 2 N–H and O–H groups in total. The van der Waals surface area contributed by atoms with Gasteiger partial charge in [-0.25, -0.2) is 0 Å². The number of benzene rings is 3. The van der Waals surface area contributed by atoms with Gasteiger partial charge >= 0.3 is 0 Å². The second kappa shape index (κ2) is 21.7. The Morgan fingerprint density at radius 1 is 0.680 bits per heavy atom. The normalized spacial score (nSPS) is 12.3. The second-order valence-electron chi connectivity index (χ2n) is 12.8. The van der Waals surface area contributed by atoms with E-state index in [2.05, 4.69) is 33.1 Å². The molecule has 0 aliphatic rings. The molecule has 0 fully saturated rings. The third-order valence-corrected chi connectivity index (χ3v) is 10.2. The zero-order valence-corrected chi connectivity index (χ0v) is 30.2. The van der Waals surface area contributed by atoms with Gasteiger partial charge in [0.2, 0.25) is 17.0 Å². The highest BCUT2D eigenvalue weighted by molar-refractivity contribution is 8.02. The van der Waals surface area contributed by atoms with E-state index in [1.54, 1.807) is 36.4 Å². The molecule has 50 heavy (non-hydrogen) atoms. The predicted molar refractivity (Wildman–Crippen MR) is 202 cm³/mol. The molecular formula is C40H52N6O3S. The number of nitrogens with zero attached hydrogens (tertiary/aromatic N) is 4. The van der Waals surface area contributed by atoms with E-state index in [-0.39, 0.29) is 24.7 Å². The SMILES string of the molecule is CCCCCCCCCCCCCCCCC(Sc1nnnn1-c1ccccc1)(C(=O)NCC(=O)Nc1ccccc1)C(=O)c1ccccc1. The zero-order chi connectivity index (χ0) is 35.3. The van der Waals surface area contributed by atoms with Crippen LogP contribution in [0.25, 0.3) is 5.69 Å². The second-order valence-corrected chi connectivity index (χ2v) is 14.0. The third-order valence-electron chi connectivity index (χ3n) is 8.83. The van der Waals surface area contributed by atoms with Gasteiger partial charge in [0.25, 0.3) is 0 Å². The molecule has 3 aromatic carbocycles. The zero-order valence-electron chi connectivity index (χ0n) is 29.4. The molecule has 0 saturated carbocycles. The van der Waals surface area contributed by atoms with Crippen molar-refractivity contribution in [2.75, 3.05) is 11.9 Å². The maximum Gasteiger partial charge on any atom is 0.245 e. The van der Waals surface area contributed by atoms with Gasteiger partial charge in [-0.15, -0.1) is 5.10 Å². The van der Waals surface area contributed by atoms with Gasteiger partial charge in [-0.05, 0) is 41.1 Å². The lowest BCUT2D eigenvalue weighted by Gasteiger charge is -2.30. The first-order valence-electron chi connectivity index (χ1n) is 18.3. The summed E-state index contributed by atoms with van der Waals surface area (Å²) >= 11 is 1.05. The molecule has 266 valence electrons. The number of carbonyl (C=O) groups is 3. The van der Waals surface area contributed by atoms with Crippen molar-refractivity contribution in [1.29, 1.82) is 0 Å². The fourth-order valence-corrected chi connectivity index (χ4v) is 7.26. The van der Waals surface area contributed by atoms with Gasteiger partial charge < -0.3 is 10.6 Å². The maximum absolute atomic E-state index is 14.5. The van der Waals surface area contributed by atoms with Crippen LogP contribution in [0.2, 0.25) is 0 Å². The number of Topliss-reactive ketones (excluding diaryl/α,β-unsaturated/α-hetero) is 1. The number of carbonyl (C=O) groups excluding carboxylic acids is 3. The van der Waals surface area contributed by atoms with E-state index < -0.39 is 10.7 Å². The van der Waals surface area contributed by atoms with Crippen LogP contribution in [0.15, 0.2) is 96.2 Å². The van der Waals surface area contributed by atoms with Gasteiger partial charge in [0.1, 0.15) is 0 Å². The Kier molecular flexibility index (Phi) is 16.7. The summed E-state index contributed by atoms with van der Waals surface area (Å²) in [6.07, 6.45) is 17.0. The van der Waals surface area contributed by atoms with Gasteiger partial charge in [0, 0.05) is 11.3 Å². The number of hydrogen-bond donors (Lipinski definition) is 2. The van der Waals surface area contributed by atoms with Gasteiger partial charge in [0.05, 0.1) is 12.2 Å². The van der Waals surface area contributed by atoms with Crippen molar-refractivity contribution in [3.05, 3.63) is 96.6 Å². The Hall–Kier alpha value is -4.31. The topological polar surface area (TPSA) is 119 Å². The summed E-state index contributed by atoms with van der Waals surface area (Å²) in [6.45, 7) is 1.96. The number of nitrogens with one attached hydrogen (secondary N) is 2. The molecule has 0 saturated heterocycles. The molecular weight excluding hydrogens is 645 g/mol. The van der Waals surface area contributed by atoms with E-state index in [1.165, 1.54) is 68.9 Å². The van der Waals surface area contributed by atoms with Crippen molar-refractivity contribution in [1.82, 2.24) is 25.5 Å². The molecule has 0 bridgehead atoms. The molecule has 4 aromatic rings. The average molecular weight is 697 g/mol. The van der Waals surface area contributed by atoms with Gasteiger partial charge in [-0.1, -0.05) is 175 Å². The van der Waals surface area contributed by atoms with Crippen LogP contribution in [0.3, 0.4) is 0 Å². The van der Waals surface area contributed by atoms with E-state index in [4.69, 9.17) is 0 Å². The quantitative estimate of drug-likeness (QED) is 0.0325. The van der Waals surface area contributed by atoms with Gasteiger partial charge in [0.15, 0.2) is 10.5 Å². The first kappa shape index (κ1) is 38.5. The molecule has 10 heteroatoms. The van der Waals surface area contributed by atoms with Crippen LogP contribution in [0.4, 0.5) is 5.69 Å². The molecule has 1 unspecified atom stereocenters. The summed E-state index contributed by atoms with van der Waals surface area (Å²) in [5, 5.41) is 18.3. The number of amides is 2. The smallest absolute Gasteiger partial charge is 0.245 e. The lowest BCUT2D eigenvalue weighted by Crippen LogP contribution is -2.52. The number of thioether (sulfide) groups is 1. The maximum atomic E-state index is 14.5. The van der Waals surface area contributed by atoms with Gasteiger partial charge in [-0.3, -0.25) is 14.4 Å². The van der Waals surface area contributed by atoms with Crippen LogP contribution in [0, 0.1) is 0 Å². The van der Waals surface area contributed by atoms with Crippen molar-refractivity contribution >= 4 is 35.0 Å². The lowest BCUT2D eigenvalue weighted by atomic mass is 9.90. The Morgan fingerprint density at radius 2 is 1.20 bits per heavy atom. The molecule has 9 nitrogen and oxygen atoms in total. The summed E-state index contributed by atoms with van der Waals surface area (Å²) in [5.74, 6) is -1.28. The van der Waals surface area contributed by atoms with Crippen LogP contribution in [-0.2, 0) is 9.59 Å². The number of unbranched alkanes of at least 4 members (excludes halogenated alkanes) is 13. The summed E-state index contributed by atoms with van der Waals surface area (Å²) in [5.41, 5.74) is 1.74. The van der Waals surface area contributed by atoms with Crippen LogP contribution in [0.5, 0.6) is 0 Å². The fourth-order valence-electron chi connectivity index (χ4n) is 6.02. The first-order chi connectivity index (χ1) is 24.5. The molecule has 4 rings (SSSR count). The molecule has 0 radical (unpaired) electrons. The standard InChI is InChI=1S/C40H52N6O3S/c1-2-3-4-5-6-7-8-9-10-11-12-13-14-24-31-40(37(48)33-25-18-15-19-26-33,38(49)41-32-36(47)42-34-27-20-16-21-28-34)50-39-43-44-45-46(39)35-29-22-17-23-30-35/h15-23,25-30H,2-14,24,31-32H2,1H3,(H,41,49)(H,42,47). The molecule has 0 aliphatic carbocycles. The Bertz CT molecular complexity index is 1570. The summed E-state index contributed by atoms with van der Waals surface area (Å²) < 4.78 is -0.0783. The average Bonchev–Trinajstić information content (AvgIpc) is 3.62. The third kappa shape index (κ3) is 12.2. The number of aromatic nitrogens is 4.